The van der Waals surface area contributed by atoms with Crippen molar-refractivity contribution in [1.29, 1.82) is 0 Å². The lowest BCUT2D eigenvalue weighted by molar-refractivity contribution is -0.112. The molecule has 7 nitrogen and oxygen atoms in total. The second-order valence-electron chi connectivity index (χ2n) is 7.72. The SMILES string of the molecule is O=C(NC1=NN(c2ccccc2)C(=O)C1=Nc1ccc(Nc2ccccc2)cc1)c1ccccc1. The predicted molar refractivity (Wildman–Crippen MR) is 139 cm³/mol. The van der Waals surface area contributed by atoms with E-state index in [0.717, 1.165) is 11.4 Å². The summed E-state index contributed by atoms with van der Waals surface area (Å²) in [6, 6.07) is 34.9. The summed E-state index contributed by atoms with van der Waals surface area (Å²) in [4.78, 5) is 30.6. The van der Waals surface area contributed by atoms with Crippen molar-refractivity contribution in [2.45, 2.75) is 0 Å². The maximum Gasteiger partial charge on any atom is 0.301 e. The van der Waals surface area contributed by atoms with Crippen molar-refractivity contribution in [2.24, 2.45) is 10.1 Å². The van der Waals surface area contributed by atoms with Gasteiger partial charge in [0.1, 0.15) is 0 Å². The third kappa shape index (κ3) is 4.99. The molecule has 0 saturated carbocycles. The van der Waals surface area contributed by atoms with E-state index in [-0.39, 0.29) is 17.5 Å². The minimum absolute atomic E-state index is 0.0573. The van der Waals surface area contributed by atoms with E-state index in [0.29, 0.717) is 16.9 Å². The zero-order chi connectivity index (χ0) is 24.0. The normalized spacial score (nSPS) is 14.1. The topological polar surface area (TPSA) is 86.2 Å². The fraction of sp³-hybridized carbons (Fsp3) is 0. The van der Waals surface area contributed by atoms with Crippen LogP contribution in [0.1, 0.15) is 10.4 Å². The van der Waals surface area contributed by atoms with Crippen LogP contribution < -0.4 is 15.6 Å². The fourth-order valence-electron chi connectivity index (χ4n) is 3.53. The zero-order valence-corrected chi connectivity index (χ0v) is 18.6. The highest BCUT2D eigenvalue weighted by atomic mass is 16.2. The van der Waals surface area contributed by atoms with Crippen molar-refractivity contribution in [1.82, 2.24) is 5.32 Å². The van der Waals surface area contributed by atoms with E-state index in [1.165, 1.54) is 5.01 Å². The number of amidine groups is 1. The molecule has 1 heterocycles. The number of anilines is 3. The number of carbonyl (C=O) groups is 2. The van der Waals surface area contributed by atoms with E-state index in [1.54, 1.807) is 48.5 Å². The first-order chi connectivity index (χ1) is 17.2. The molecule has 35 heavy (non-hydrogen) atoms. The molecule has 7 heteroatoms. The maximum atomic E-state index is 13.3. The van der Waals surface area contributed by atoms with Gasteiger partial charge in [-0.3, -0.25) is 9.59 Å². The average Bonchev–Trinajstić information content (AvgIpc) is 3.21. The van der Waals surface area contributed by atoms with E-state index < -0.39 is 5.91 Å². The molecular weight excluding hydrogens is 438 g/mol. The molecule has 0 radical (unpaired) electrons. The first-order valence-electron chi connectivity index (χ1n) is 11.0. The molecule has 170 valence electrons. The molecule has 4 aromatic rings. The highest BCUT2D eigenvalue weighted by Crippen LogP contribution is 2.23. The van der Waals surface area contributed by atoms with Gasteiger partial charge in [-0.15, -0.1) is 5.10 Å². The molecular formula is C28H21N5O2. The van der Waals surface area contributed by atoms with E-state index in [9.17, 15) is 9.59 Å². The summed E-state index contributed by atoms with van der Waals surface area (Å²) in [5, 5.41) is 11.7. The Kier molecular flexibility index (Phi) is 6.13. The summed E-state index contributed by atoms with van der Waals surface area (Å²) >= 11 is 0. The van der Waals surface area contributed by atoms with Gasteiger partial charge in [0, 0.05) is 16.9 Å². The van der Waals surface area contributed by atoms with E-state index >= 15 is 0 Å². The van der Waals surface area contributed by atoms with Gasteiger partial charge in [0.2, 0.25) is 0 Å². The standard InChI is InChI=1S/C28H21N5O2/c34-27(20-10-4-1-5-11-20)31-26-25(28(35)33(32-26)24-14-8-3-9-15-24)30-23-18-16-22(17-19-23)29-21-12-6-2-7-13-21/h1-19,29H,(H,31,32,34). The van der Waals surface area contributed by atoms with Gasteiger partial charge in [0.25, 0.3) is 5.91 Å². The molecule has 0 unspecified atom stereocenters. The summed E-state index contributed by atoms with van der Waals surface area (Å²) in [6.07, 6.45) is 0. The van der Waals surface area contributed by atoms with E-state index in [1.807, 2.05) is 66.7 Å². The zero-order valence-electron chi connectivity index (χ0n) is 18.6. The molecule has 4 aromatic carbocycles. The van der Waals surface area contributed by atoms with Gasteiger partial charge in [-0.1, -0.05) is 54.6 Å². The molecule has 0 aliphatic carbocycles. The largest absolute Gasteiger partial charge is 0.356 e. The Labute approximate surface area is 202 Å². The number of nitrogens with one attached hydrogen (secondary N) is 2. The Balaban J connectivity index is 1.43. The Morgan fingerprint density at radius 1 is 0.714 bits per heavy atom. The van der Waals surface area contributed by atoms with Crippen molar-refractivity contribution in [3.8, 4) is 0 Å². The summed E-state index contributed by atoms with van der Waals surface area (Å²) in [6.45, 7) is 0. The van der Waals surface area contributed by atoms with Crippen LogP contribution in [0.15, 0.2) is 125 Å². The Morgan fingerprint density at radius 2 is 1.29 bits per heavy atom. The third-order valence-corrected chi connectivity index (χ3v) is 5.26. The molecule has 5 rings (SSSR count). The van der Waals surface area contributed by atoms with Crippen LogP contribution in [0.2, 0.25) is 0 Å². The molecule has 0 aromatic heterocycles. The van der Waals surface area contributed by atoms with E-state index in [2.05, 4.69) is 20.7 Å². The van der Waals surface area contributed by atoms with Crippen molar-refractivity contribution < 1.29 is 9.59 Å². The number of amides is 2. The number of rotatable bonds is 5. The van der Waals surface area contributed by atoms with Gasteiger partial charge in [-0.2, -0.15) is 5.01 Å². The number of carbonyl (C=O) groups excluding carboxylic acids is 2. The van der Waals surface area contributed by atoms with Gasteiger partial charge in [-0.05, 0) is 60.7 Å². The highest BCUT2D eigenvalue weighted by molar-refractivity contribution is 6.72. The van der Waals surface area contributed by atoms with Gasteiger partial charge in [-0.25, -0.2) is 4.99 Å². The number of benzene rings is 4. The van der Waals surface area contributed by atoms with Crippen LogP contribution >= 0.6 is 0 Å². The lowest BCUT2D eigenvalue weighted by atomic mass is 10.2. The lowest BCUT2D eigenvalue weighted by Gasteiger charge is -2.10. The number of aliphatic imine (C=N–C) groups is 1. The number of para-hydroxylation sites is 2. The Hall–Kier alpha value is -5.04. The number of hydrogen-bond acceptors (Lipinski definition) is 5. The minimum atomic E-state index is -0.425. The number of nitrogens with zero attached hydrogens (tertiary/aromatic N) is 3. The van der Waals surface area contributed by atoms with Gasteiger partial charge in [0.05, 0.1) is 11.4 Å². The van der Waals surface area contributed by atoms with Crippen molar-refractivity contribution >= 4 is 46.1 Å². The monoisotopic (exact) mass is 459 g/mol. The molecule has 1 aliphatic rings. The summed E-state index contributed by atoms with van der Waals surface area (Å²) in [5.74, 6) is -0.701. The Morgan fingerprint density at radius 3 is 1.94 bits per heavy atom. The molecule has 0 spiro atoms. The molecule has 0 bridgehead atoms. The highest BCUT2D eigenvalue weighted by Gasteiger charge is 2.34. The molecule has 0 saturated heterocycles. The predicted octanol–water partition coefficient (Wildman–Crippen LogP) is 5.29. The first-order valence-corrected chi connectivity index (χ1v) is 11.0. The molecule has 2 N–H and O–H groups in total. The summed E-state index contributed by atoms with van der Waals surface area (Å²) in [7, 11) is 0. The quantitative estimate of drug-likeness (QED) is 0.425. The third-order valence-electron chi connectivity index (χ3n) is 5.26. The molecule has 0 fully saturated rings. The van der Waals surface area contributed by atoms with Crippen LogP contribution in [0, 0.1) is 0 Å². The maximum absolute atomic E-state index is 13.3. The van der Waals surface area contributed by atoms with Crippen LogP contribution in [-0.2, 0) is 4.79 Å². The van der Waals surface area contributed by atoms with Gasteiger partial charge < -0.3 is 10.6 Å². The van der Waals surface area contributed by atoms with Crippen molar-refractivity contribution in [2.75, 3.05) is 10.3 Å². The average molecular weight is 460 g/mol. The summed E-state index contributed by atoms with van der Waals surface area (Å²) < 4.78 is 0. The van der Waals surface area contributed by atoms with Crippen LogP contribution in [0.25, 0.3) is 0 Å². The lowest BCUT2D eigenvalue weighted by Crippen LogP contribution is -2.37. The number of hydrogen-bond donors (Lipinski definition) is 2. The second kappa shape index (κ2) is 9.84. The van der Waals surface area contributed by atoms with Crippen LogP contribution in [0.3, 0.4) is 0 Å². The summed E-state index contributed by atoms with van der Waals surface area (Å²) in [5.41, 5.74) is 3.50. The van der Waals surface area contributed by atoms with Gasteiger partial charge in [0.15, 0.2) is 11.5 Å². The molecule has 2 amide bonds. The van der Waals surface area contributed by atoms with Gasteiger partial charge >= 0.3 is 5.91 Å². The van der Waals surface area contributed by atoms with Crippen LogP contribution in [0.5, 0.6) is 0 Å². The smallest absolute Gasteiger partial charge is 0.301 e. The molecule has 0 atom stereocenters. The van der Waals surface area contributed by atoms with Crippen LogP contribution in [0.4, 0.5) is 22.7 Å². The second-order valence-corrected chi connectivity index (χ2v) is 7.72. The Bertz CT molecular complexity index is 1400. The minimum Gasteiger partial charge on any atom is -0.356 e. The number of hydrazone groups is 1. The van der Waals surface area contributed by atoms with Crippen molar-refractivity contribution in [3.05, 3.63) is 121 Å². The first kappa shape index (κ1) is 21.8. The fourth-order valence-corrected chi connectivity index (χ4v) is 3.53. The van der Waals surface area contributed by atoms with E-state index in [4.69, 9.17) is 0 Å². The van der Waals surface area contributed by atoms with Crippen LogP contribution in [-0.4, -0.2) is 23.4 Å². The van der Waals surface area contributed by atoms with Crippen molar-refractivity contribution in [3.63, 3.8) is 0 Å². The molecule has 1 aliphatic heterocycles.